The first-order valence-corrected chi connectivity index (χ1v) is 31.6. The first-order chi connectivity index (χ1) is 43.3. The van der Waals surface area contributed by atoms with Crippen LogP contribution in [-0.4, -0.2) is 220 Å². The van der Waals surface area contributed by atoms with E-state index in [0.29, 0.717) is 111 Å². The number of rotatable bonds is 61. The summed E-state index contributed by atoms with van der Waals surface area (Å²) >= 11 is 0. The number of carbonyl (C=O) groups is 6. The van der Waals surface area contributed by atoms with Gasteiger partial charge in [-0.05, 0) is 121 Å². The molecule has 0 rings (SSSR count). The second-order valence-electron chi connectivity index (χ2n) is 20.9. The molecule has 0 amide bonds. The van der Waals surface area contributed by atoms with Crippen molar-refractivity contribution in [2.45, 2.75) is 103 Å². The number of aliphatic hydroxyl groups is 4. The van der Waals surface area contributed by atoms with Gasteiger partial charge in [-0.25, -0.2) is 9.59 Å². The Balaban J connectivity index is 4.95. The Morgan fingerprint density at radius 3 is 0.899 bits per heavy atom. The summed E-state index contributed by atoms with van der Waals surface area (Å²) in [6.07, 6.45) is 40.6. The summed E-state index contributed by atoms with van der Waals surface area (Å²) in [7, 11) is 0. The topological polar surface area (TPSA) is 252 Å². The van der Waals surface area contributed by atoms with E-state index in [4.69, 9.17) is 28.4 Å². The lowest BCUT2D eigenvalue weighted by molar-refractivity contribution is -0.144. The second kappa shape index (κ2) is 60.5. The number of esters is 6. The standard InChI is InChI=1S/C69H110N4O16/c1-6-61(29-15-11-21-55-84-64(78)9-4)30-17-13-23-57-86-66(80)35-43-70(39-27-41-72(47-51-74)48-52-75)45-38-69(83)89-60-26-20-34-63(8-3)32-18-14-24-58-87-67(81)36-44-71(40-28-42-73(49-53-76)50-54-77)46-37-68(82)88-59-25-19-33-62(7-2)31-16-12-22-56-85-65(79)10-5/h6-15,19-20,22-26,61-63,74-77H,1-5,16-18,21,27-60H2/b15-11-,22-12+,23-13+,24-14+,25-19-,26-20-. The molecule has 4 N–H and O–H groups in total. The maximum atomic E-state index is 12.8. The molecule has 0 radical (unpaired) electrons. The minimum atomic E-state index is -0.463. The maximum absolute atomic E-state index is 12.8. The van der Waals surface area contributed by atoms with Crippen molar-refractivity contribution in [1.82, 2.24) is 19.6 Å². The maximum Gasteiger partial charge on any atom is 0.330 e. The summed E-state index contributed by atoms with van der Waals surface area (Å²) in [5, 5.41) is 37.7. The van der Waals surface area contributed by atoms with Gasteiger partial charge in [-0.1, -0.05) is 104 Å². The Bertz CT molecular complexity index is 2110. The molecule has 0 saturated heterocycles. The predicted octanol–water partition coefficient (Wildman–Crippen LogP) is 7.78. The lowest BCUT2D eigenvalue weighted by atomic mass is 9.99. The molecule has 3 atom stereocenters. The molecular formula is C69H110N4O16. The van der Waals surface area contributed by atoms with Gasteiger partial charge in [0.05, 0.1) is 58.7 Å². The van der Waals surface area contributed by atoms with Crippen molar-refractivity contribution in [2.75, 3.05) is 145 Å². The summed E-state index contributed by atoms with van der Waals surface area (Å²) in [5.74, 6) is -1.65. The number of aliphatic hydroxyl groups excluding tert-OH is 4. The summed E-state index contributed by atoms with van der Waals surface area (Å²) in [6.45, 7) is 25.2. The monoisotopic (exact) mass is 1250 g/mol. The van der Waals surface area contributed by atoms with E-state index < -0.39 is 11.9 Å². The van der Waals surface area contributed by atoms with Crippen LogP contribution in [0.5, 0.6) is 0 Å². The lowest BCUT2D eigenvalue weighted by Crippen LogP contribution is -2.35. The highest BCUT2D eigenvalue weighted by Gasteiger charge is 2.16. The van der Waals surface area contributed by atoms with Crippen molar-refractivity contribution in [2.24, 2.45) is 17.8 Å². The van der Waals surface area contributed by atoms with Gasteiger partial charge in [0.2, 0.25) is 0 Å². The van der Waals surface area contributed by atoms with E-state index in [0.717, 1.165) is 63.5 Å². The van der Waals surface area contributed by atoms with Crippen LogP contribution in [0.2, 0.25) is 0 Å². The Morgan fingerprint density at radius 2 is 0.596 bits per heavy atom. The van der Waals surface area contributed by atoms with Crippen molar-refractivity contribution < 1.29 is 77.6 Å². The van der Waals surface area contributed by atoms with Crippen LogP contribution in [-0.2, 0) is 57.2 Å². The molecule has 0 fully saturated rings. The largest absolute Gasteiger partial charge is 0.462 e. The SMILES string of the molecule is C=CC(=O)OC/C=C/CCC(C=C)C/C=C\COC(=O)CCN(CCCN(CCO)CCO)CCC(=O)OC/C=C/CCC(C=C)C/C=C\COC(=O)CCN(CCCN(CCO)CCO)CCC(=O)OC/C=C/CCC(C=C)C/C=C\CCOC(=O)C=C. The number of hydrogen-bond acceptors (Lipinski definition) is 20. The zero-order valence-corrected chi connectivity index (χ0v) is 53.4. The van der Waals surface area contributed by atoms with Gasteiger partial charge in [0, 0.05) is 64.5 Å². The molecule has 0 spiro atoms. The first kappa shape index (κ1) is 82.6. The zero-order valence-electron chi connectivity index (χ0n) is 53.4. The van der Waals surface area contributed by atoms with Crippen LogP contribution in [0.1, 0.15) is 103 Å². The van der Waals surface area contributed by atoms with Crippen LogP contribution >= 0.6 is 0 Å². The van der Waals surface area contributed by atoms with E-state index in [9.17, 15) is 49.2 Å². The van der Waals surface area contributed by atoms with E-state index >= 15 is 0 Å². The molecule has 20 nitrogen and oxygen atoms in total. The summed E-state index contributed by atoms with van der Waals surface area (Å²) in [4.78, 5) is 81.3. The van der Waals surface area contributed by atoms with Gasteiger partial charge in [0.1, 0.15) is 33.0 Å². The van der Waals surface area contributed by atoms with Crippen LogP contribution in [0.4, 0.5) is 0 Å². The van der Waals surface area contributed by atoms with Gasteiger partial charge in [0.15, 0.2) is 0 Å². The highest BCUT2D eigenvalue weighted by molar-refractivity contribution is 5.81. The zero-order chi connectivity index (χ0) is 65.6. The van der Waals surface area contributed by atoms with Crippen LogP contribution < -0.4 is 0 Å². The van der Waals surface area contributed by atoms with Gasteiger partial charge in [-0.3, -0.25) is 29.0 Å². The Labute approximate surface area is 532 Å². The van der Waals surface area contributed by atoms with Crippen LogP contribution in [0.3, 0.4) is 0 Å². The second-order valence-corrected chi connectivity index (χ2v) is 20.9. The minimum Gasteiger partial charge on any atom is -0.462 e. The lowest BCUT2D eigenvalue weighted by Gasteiger charge is -2.24. The fourth-order valence-corrected chi connectivity index (χ4v) is 8.82. The van der Waals surface area contributed by atoms with E-state index in [1.807, 2.05) is 98.6 Å². The third-order valence-corrected chi connectivity index (χ3v) is 14.1. The third kappa shape index (κ3) is 52.2. The molecule has 0 aliphatic carbocycles. The third-order valence-electron chi connectivity index (χ3n) is 14.1. The molecular weight excluding hydrogens is 1140 g/mol. The van der Waals surface area contributed by atoms with Crippen molar-refractivity contribution in [3.8, 4) is 0 Å². The number of carbonyl (C=O) groups excluding carboxylic acids is 6. The van der Waals surface area contributed by atoms with Crippen molar-refractivity contribution in [3.05, 3.63) is 136 Å². The Morgan fingerprint density at radius 1 is 0.326 bits per heavy atom. The highest BCUT2D eigenvalue weighted by atomic mass is 16.5. The number of ether oxygens (including phenoxy) is 6. The predicted molar refractivity (Wildman–Crippen MR) is 350 cm³/mol. The van der Waals surface area contributed by atoms with E-state index in [-0.39, 0.29) is 127 Å². The summed E-state index contributed by atoms with van der Waals surface area (Å²) in [5.41, 5.74) is 0. The molecule has 3 unspecified atom stereocenters. The summed E-state index contributed by atoms with van der Waals surface area (Å²) in [6, 6.07) is 0. The van der Waals surface area contributed by atoms with Gasteiger partial charge in [0.25, 0.3) is 0 Å². The Kier molecular flexibility index (Phi) is 56.2. The molecule has 0 aromatic heterocycles. The molecule has 89 heavy (non-hydrogen) atoms. The van der Waals surface area contributed by atoms with Crippen LogP contribution in [0.25, 0.3) is 0 Å². The van der Waals surface area contributed by atoms with E-state index in [1.54, 1.807) is 6.08 Å². The Hall–Kier alpha value is -6.36. The van der Waals surface area contributed by atoms with Crippen LogP contribution in [0.15, 0.2) is 136 Å². The van der Waals surface area contributed by atoms with Gasteiger partial charge < -0.3 is 58.6 Å². The molecule has 0 saturated carbocycles. The summed E-state index contributed by atoms with van der Waals surface area (Å²) < 4.78 is 31.8. The molecule has 0 heterocycles. The minimum absolute atomic E-state index is 0.0264. The van der Waals surface area contributed by atoms with E-state index in [2.05, 4.69) is 39.0 Å². The molecule has 0 aromatic carbocycles. The molecule has 502 valence electrons. The smallest absolute Gasteiger partial charge is 0.330 e. The average molecular weight is 1250 g/mol. The average Bonchev–Trinajstić information content (AvgIpc) is 3.53. The molecule has 20 heteroatoms. The van der Waals surface area contributed by atoms with Crippen LogP contribution in [0, 0.1) is 17.8 Å². The fourth-order valence-electron chi connectivity index (χ4n) is 8.82. The normalized spacial score (nSPS) is 12.9. The number of allylic oxidation sites excluding steroid dienone is 9. The van der Waals surface area contributed by atoms with Crippen molar-refractivity contribution >= 4 is 35.8 Å². The highest BCUT2D eigenvalue weighted by Crippen LogP contribution is 2.16. The van der Waals surface area contributed by atoms with Gasteiger partial charge in [-0.2, -0.15) is 0 Å². The van der Waals surface area contributed by atoms with Crippen molar-refractivity contribution in [1.29, 1.82) is 0 Å². The first-order valence-electron chi connectivity index (χ1n) is 31.6. The van der Waals surface area contributed by atoms with Crippen molar-refractivity contribution in [3.63, 3.8) is 0 Å². The van der Waals surface area contributed by atoms with Gasteiger partial charge in [-0.15, -0.1) is 19.7 Å². The molecule has 0 aromatic rings. The molecule has 0 aliphatic rings. The van der Waals surface area contributed by atoms with E-state index in [1.165, 1.54) is 0 Å². The number of hydrogen-bond donors (Lipinski definition) is 4. The quantitative estimate of drug-likeness (QED) is 0.0149. The molecule has 0 bridgehead atoms. The van der Waals surface area contributed by atoms with Gasteiger partial charge >= 0.3 is 35.8 Å². The number of nitrogens with zero attached hydrogens (tertiary/aromatic N) is 4. The fraction of sp³-hybridized carbons (Fsp3) is 0.594. The molecule has 0 aliphatic heterocycles.